The van der Waals surface area contributed by atoms with E-state index >= 15 is 0 Å². The van der Waals surface area contributed by atoms with Gasteiger partial charge in [-0.25, -0.2) is 0 Å². The number of benzene rings is 1. The fourth-order valence-corrected chi connectivity index (χ4v) is 2.87. The van der Waals surface area contributed by atoms with Gasteiger partial charge in [0.1, 0.15) is 5.75 Å². The van der Waals surface area contributed by atoms with Crippen molar-refractivity contribution in [3.05, 3.63) is 29.8 Å². The van der Waals surface area contributed by atoms with E-state index in [1.807, 2.05) is 12.1 Å². The Hall–Kier alpha value is -1.06. The second-order valence-electron chi connectivity index (χ2n) is 5.39. The van der Waals surface area contributed by atoms with E-state index in [-0.39, 0.29) is 0 Å². The fraction of sp³-hybridized carbons (Fsp3) is 0.625. The maximum Gasteiger partial charge on any atom is 0.115 e. The van der Waals surface area contributed by atoms with E-state index in [0.29, 0.717) is 11.8 Å². The number of aromatic hydroxyl groups is 1. The molecule has 1 heterocycles. The van der Waals surface area contributed by atoms with Crippen LogP contribution in [0.2, 0.25) is 0 Å². The summed E-state index contributed by atoms with van der Waals surface area (Å²) in [6.45, 7) is 6.60. The fourth-order valence-electron chi connectivity index (χ4n) is 2.87. The molecule has 0 saturated carbocycles. The lowest BCUT2D eigenvalue weighted by Gasteiger charge is -2.35. The molecule has 1 aromatic carbocycles. The van der Waals surface area contributed by atoms with Gasteiger partial charge in [-0.3, -0.25) is 4.90 Å². The van der Waals surface area contributed by atoms with Crippen molar-refractivity contribution in [3.8, 4) is 5.75 Å². The number of hydrogen-bond acceptors (Lipinski definition) is 3. The van der Waals surface area contributed by atoms with Crippen molar-refractivity contribution in [3.63, 3.8) is 0 Å². The van der Waals surface area contributed by atoms with Crippen molar-refractivity contribution in [1.29, 1.82) is 0 Å². The Morgan fingerprint density at radius 3 is 2.74 bits per heavy atom. The number of nitrogens with one attached hydrogen (secondary N) is 1. The highest BCUT2D eigenvalue weighted by Crippen LogP contribution is 2.28. The number of phenolic OH excluding ortho intramolecular Hbond substituents is 1. The van der Waals surface area contributed by atoms with Crippen molar-refractivity contribution >= 4 is 0 Å². The van der Waals surface area contributed by atoms with E-state index in [1.54, 1.807) is 6.07 Å². The van der Waals surface area contributed by atoms with E-state index in [9.17, 15) is 5.11 Å². The maximum absolute atomic E-state index is 9.70. The summed E-state index contributed by atoms with van der Waals surface area (Å²) in [5.41, 5.74) is 1.26. The van der Waals surface area contributed by atoms with Gasteiger partial charge in [0.15, 0.2) is 0 Å². The average molecular weight is 262 g/mol. The number of piperazine rings is 1. The lowest BCUT2D eigenvalue weighted by Crippen LogP contribution is -2.45. The van der Waals surface area contributed by atoms with Gasteiger partial charge in [-0.1, -0.05) is 38.3 Å². The van der Waals surface area contributed by atoms with Gasteiger partial charge in [0.2, 0.25) is 0 Å². The molecule has 2 rings (SSSR count). The highest BCUT2D eigenvalue weighted by Gasteiger charge is 2.21. The molecule has 106 valence electrons. The van der Waals surface area contributed by atoms with Crippen molar-refractivity contribution in [2.24, 2.45) is 0 Å². The summed E-state index contributed by atoms with van der Waals surface area (Å²) in [6, 6.07) is 8.25. The first-order chi connectivity index (χ1) is 9.31. The van der Waals surface area contributed by atoms with E-state index < -0.39 is 0 Å². The highest BCUT2D eigenvalue weighted by molar-refractivity contribution is 5.29. The minimum atomic E-state index is 0.383. The molecule has 19 heavy (non-hydrogen) atoms. The number of rotatable bonds is 6. The molecule has 0 radical (unpaired) electrons. The van der Waals surface area contributed by atoms with Crippen molar-refractivity contribution in [2.75, 3.05) is 26.2 Å². The van der Waals surface area contributed by atoms with Crippen LogP contribution in [0.5, 0.6) is 5.75 Å². The van der Waals surface area contributed by atoms with Crippen molar-refractivity contribution in [1.82, 2.24) is 10.2 Å². The first-order valence-corrected chi connectivity index (χ1v) is 7.55. The summed E-state index contributed by atoms with van der Waals surface area (Å²) in [6.07, 6.45) is 5.01. The van der Waals surface area contributed by atoms with E-state index in [2.05, 4.69) is 23.2 Å². The predicted octanol–water partition coefficient (Wildman–Crippen LogP) is 2.92. The molecule has 1 atom stereocenters. The molecule has 3 nitrogen and oxygen atoms in total. The van der Waals surface area contributed by atoms with Crippen LogP contribution in [0, 0.1) is 0 Å². The van der Waals surface area contributed by atoms with Crippen LogP contribution in [0.1, 0.15) is 44.2 Å². The van der Waals surface area contributed by atoms with Gasteiger partial charge in [-0.05, 0) is 24.1 Å². The third-order valence-corrected chi connectivity index (χ3v) is 3.93. The van der Waals surface area contributed by atoms with Gasteiger partial charge in [0.05, 0.1) is 0 Å². The Kier molecular flexibility index (Phi) is 5.67. The minimum absolute atomic E-state index is 0.383. The normalized spacial score (nSPS) is 18.4. The lowest BCUT2D eigenvalue weighted by atomic mass is 9.98. The monoisotopic (exact) mass is 262 g/mol. The molecule has 1 aromatic rings. The molecular formula is C16H26N2O. The number of nitrogens with zero attached hydrogens (tertiary/aromatic N) is 1. The Labute approximate surface area is 116 Å². The van der Waals surface area contributed by atoms with Crippen LogP contribution in [0.15, 0.2) is 24.3 Å². The van der Waals surface area contributed by atoms with Crippen LogP contribution in [0.25, 0.3) is 0 Å². The zero-order valence-electron chi connectivity index (χ0n) is 11.9. The zero-order chi connectivity index (χ0) is 13.5. The summed E-state index contributed by atoms with van der Waals surface area (Å²) < 4.78 is 0. The van der Waals surface area contributed by atoms with Crippen LogP contribution >= 0.6 is 0 Å². The Morgan fingerprint density at radius 2 is 2.05 bits per heavy atom. The van der Waals surface area contributed by atoms with Crippen molar-refractivity contribution in [2.45, 2.75) is 38.6 Å². The van der Waals surface area contributed by atoms with Gasteiger partial charge in [0.25, 0.3) is 0 Å². The first-order valence-electron chi connectivity index (χ1n) is 7.55. The number of hydrogen-bond donors (Lipinski definition) is 2. The van der Waals surface area contributed by atoms with Crippen LogP contribution in [-0.4, -0.2) is 36.2 Å². The molecule has 1 saturated heterocycles. The SMILES string of the molecule is CCCCC[C@@H](c1cccc(O)c1)N1CCNCC1. The molecule has 1 aliphatic rings. The smallest absolute Gasteiger partial charge is 0.115 e. The lowest BCUT2D eigenvalue weighted by molar-refractivity contribution is 0.162. The van der Waals surface area contributed by atoms with Gasteiger partial charge in [-0.2, -0.15) is 0 Å². The van der Waals surface area contributed by atoms with Crippen molar-refractivity contribution < 1.29 is 5.11 Å². The van der Waals surface area contributed by atoms with Gasteiger partial charge >= 0.3 is 0 Å². The van der Waals surface area contributed by atoms with Crippen LogP contribution in [-0.2, 0) is 0 Å². The maximum atomic E-state index is 9.70. The molecule has 0 amide bonds. The zero-order valence-corrected chi connectivity index (χ0v) is 11.9. The Balaban J connectivity index is 2.08. The Bertz CT molecular complexity index is 375. The molecule has 0 bridgehead atoms. The number of unbranched alkanes of at least 4 members (excludes halogenated alkanes) is 2. The van der Waals surface area contributed by atoms with Gasteiger partial charge in [-0.15, -0.1) is 0 Å². The topological polar surface area (TPSA) is 35.5 Å². The third-order valence-electron chi connectivity index (χ3n) is 3.93. The molecule has 0 aromatic heterocycles. The van der Waals surface area contributed by atoms with Gasteiger partial charge < -0.3 is 10.4 Å². The molecule has 0 aliphatic carbocycles. The standard InChI is InChI=1S/C16H26N2O/c1-2-3-4-8-16(18-11-9-17-10-12-18)14-6-5-7-15(19)13-14/h5-7,13,16-17,19H,2-4,8-12H2,1H3/t16-/m0/s1. The summed E-state index contributed by atoms with van der Waals surface area (Å²) in [5.74, 6) is 0.383. The second-order valence-corrected chi connectivity index (χ2v) is 5.39. The summed E-state index contributed by atoms with van der Waals surface area (Å²) in [4.78, 5) is 2.56. The molecule has 1 aliphatic heterocycles. The quantitative estimate of drug-likeness (QED) is 0.774. The number of phenols is 1. The average Bonchev–Trinajstić information content (AvgIpc) is 2.45. The third kappa shape index (κ3) is 4.22. The van der Waals surface area contributed by atoms with E-state index in [4.69, 9.17) is 0 Å². The van der Waals surface area contributed by atoms with E-state index in [1.165, 1.54) is 31.2 Å². The van der Waals surface area contributed by atoms with Crippen LogP contribution in [0.4, 0.5) is 0 Å². The molecule has 3 heteroatoms. The molecular weight excluding hydrogens is 236 g/mol. The first kappa shape index (κ1) is 14.4. The predicted molar refractivity (Wildman–Crippen MR) is 79.4 cm³/mol. The summed E-state index contributed by atoms with van der Waals surface area (Å²) in [7, 11) is 0. The molecule has 0 spiro atoms. The Morgan fingerprint density at radius 1 is 1.26 bits per heavy atom. The van der Waals surface area contributed by atoms with Crippen LogP contribution < -0.4 is 5.32 Å². The minimum Gasteiger partial charge on any atom is -0.508 e. The van der Waals surface area contributed by atoms with Gasteiger partial charge in [0, 0.05) is 32.2 Å². The summed E-state index contributed by atoms with van der Waals surface area (Å²) >= 11 is 0. The largest absolute Gasteiger partial charge is 0.508 e. The summed E-state index contributed by atoms with van der Waals surface area (Å²) in [5, 5.41) is 13.1. The highest BCUT2D eigenvalue weighted by atomic mass is 16.3. The van der Waals surface area contributed by atoms with E-state index in [0.717, 1.165) is 26.2 Å². The molecule has 1 fully saturated rings. The van der Waals surface area contributed by atoms with Crippen LogP contribution in [0.3, 0.4) is 0 Å². The second kappa shape index (κ2) is 7.51. The molecule has 2 N–H and O–H groups in total. The molecule has 0 unspecified atom stereocenters.